The molecule has 3 rings (SSSR count). The van der Waals surface area contributed by atoms with Gasteiger partial charge in [0.15, 0.2) is 6.04 Å². The lowest BCUT2D eigenvalue weighted by Gasteiger charge is -2.41. The molecule has 12 heteroatoms. The Morgan fingerprint density at radius 1 is 1.16 bits per heavy atom. The molecule has 0 saturated heterocycles. The molecular weight excluding hydrogens is 360 g/mol. The van der Waals surface area contributed by atoms with Crippen molar-refractivity contribution in [3.63, 3.8) is 0 Å². The van der Waals surface area contributed by atoms with Gasteiger partial charge in [0, 0.05) is 6.04 Å². The van der Waals surface area contributed by atoms with Gasteiger partial charge in [0.25, 0.3) is 0 Å². The summed E-state index contributed by atoms with van der Waals surface area (Å²) in [5.41, 5.74) is -0.878. The highest BCUT2D eigenvalue weighted by molar-refractivity contribution is 6.03. The van der Waals surface area contributed by atoms with Crippen LogP contribution < -0.4 is 4.90 Å². The van der Waals surface area contributed by atoms with Crippen molar-refractivity contribution in [3.8, 4) is 0 Å². The van der Waals surface area contributed by atoms with Crippen LogP contribution in [0.4, 0.5) is 32.2 Å². The molecule has 1 N–H and O–H groups in total. The van der Waals surface area contributed by atoms with Gasteiger partial charge < -0.3 is 5.11 Å². The molecule has 0 radical (unpaired) electrons. The molecule has 138 valence electrons. The molecule has 25 heavy (non-hydrogen) atoms. The molecule has 1 aliphatic carbocycles. The number of anilines is 1. The first kappa shape index (κ1) is 17.5. The summed E-state index contributed by atoms with van der Waals surface area (Å²) >= 11 is 0. The summed E-state index contributed by atoms with van der Waals surface area (Å²) in [5.74, 6) is -5.67. The van der Waals surface area contributed by atoms with Gasteiger partial charge >= 0.3 is 24.2 Å². The zero-order valence-electron chi connectivity index (χ0n) is 12.3. The maximum Gasteiger partial charge on any atom is 0.471 e. The van der Waals surface area contributed by atoms with E-state index in [1.165, 1.54) is 0 Å². The molecule has 1 aromatic heterocycles. The third-order valence-electron chi connectivity index (χ3n) is 4.32. The van der Waals surface area contributed by atoms with Crippen molar-refractivity contribution >= 4 is 17.7 Å². The van der Waals surface area contributed by atoms with E-state index in [4.69, 9.17) is 5.11 Å². The van der Waals surface area contributed by atoms with Crippen LogP contribution in [0.5, 0.6) is 0 Å². The van der Waals surface area contributed by atoms with Gasteiger partial charge in [-0.05, 0) is 25.2 Å². The predicted octanol–water partition coefficient (Wildman–Crippen LogP) is 2.76. The minimum absolute atomic E-state index is 0.135. The highest BCUT2D eigenvalue weighted by Crippen LogP contribution is 2.49. The average molecular weight is 371 g/mol. The Kier molecular flexibility index (Phi) is 3.76. The van der Waals surface area contributed by atoms with Gasteiger partial charge in [0.05, 0.1) is 6.20 Å². The standard InChI is InChI=1S/C13H11F6N3O3/c14-12(15,16)8-3-7(5-1-2-5)21(11(25)13(17,18)19)9-6(10(23)24)4-20-22(8)9/h4-5,7-8H,1-3H2,(H,23,24). The number of carbonyl (C=O) groups is 2. The number of aromatic carboxylic acids is 1. The van der Waals surface area contributed by atoms with Crippen LogP contribution in [-0.2, 0) is 4.79 Å². The van der Waals surface area contributed by atoms with Crippen molar-refractivity contribution < 1.29 is 41.0 Å². The fraction of sp³-hybridized carbons (Fsp3) is 0.615. The number of carboxylic acids is 1. The van der Waals surface area contributed by atoms with E-state index in [1.54, 1.807) is 0 Å². The maximum absolute atomic E-state index is 13.3. The quantitative estimate of drug-likeness (QED) is 0.812. The van der Waals surface area contributed by atoms with Crippen molar-refractivity contribution in [1.82, 2.24) is 9.78 Å². The van der Waals surface area contributed by atoms with Crippen molar-refractivity contribution in [2.24, 2.45) is 5.92 Å². The molecular formula is C13H11F6N3O3. The lowest BCUT2D eigenvalue weighted by atomic mass is 9.97. The topological polar surface area (TPSA) is 75.4 Å². The van der Waals surface area contributed by atoms with Crippen LogP contribution in [0.2, 0.25) is 0 Å². The summed E-state index contributed by atoms with van der Waals surface area (Å²) in [4.78, 5) is 23.2. The van der Waals surface area contributed by atoms with Gasteiger partial charge in [-0.15, -0.1) is 0 Å². The highest BCUT2D eigenvalue weighted by Gasteiger charge is 2.57. The van der Waals surface area contributed by atoms with Crippen molar-refractivity contribution in [2.75, 3.05) is 4.90 Å². The fourth-order valence-electron chi connectivity index (χ4n) is 3.11. The van der Waals surface area contributed by atoms with Gasteiger partial charge in [-0.25, -0.2) is 9.48 Å². The van der Waals surface area contributed by atoms with Crippen LogP contribution in [-0.4, -0.2) is 45.2 Å². The molecule has 0 bridgehead atoms. The molecule has 2 heterocycles. The molecule has 2 unspecified atom stereocenters. The Balaban J connectivity index is 2.20. The monoisotopic (exact) mass is 371 g/mol. The number of hydrogen-bond donors (Lipinski definition) is 1. The Bertz CT molecular complexity index is 722. The SMILES string of the molecule is O=C(O)c1cnn2c1N(C(=O)C(F)(F)F)C(C1CC1)CC2C(F)(F)F. The number of halogens is 6. The summed E-state index contributed by atoms with van der Waals surface area (Å²) in [6.45, 7) is 0. The van der Waals surface area contributed by atoms with Crippen molar-refractivity contribution in [2.45, 2.75) is 43.7 Å². The van der Waals surface area contributed by atoms with E-state index in [2.05, 4.69) is 5.10 Å². The van der Waals surface area contributed by atoms with Crippen LogP contribution in [0, 0.1) is 5.92 Å². The number of hydrogen-bond acceptors (Lipinski definition) is 3. The minimum atomic E-state index is -5.36. The summed E-state index contributed by atoms with van der Waals surface area (Å²) in [7, 11) is 0. The molecule has 2 aliphatic rings. The smallest absolute Gasteiger partial charge is 0.471 e. The number of carboxylic acid groups (broad SMARTS) is 1. The van der Waals surface area contributed by atoms with Crippen LogP contribution in [0.3, 0.4) is 0 Å². The first-order chi connectivity index (χ1) is 11.4. The molecule has 1 amide bonds. The fourth-order valence-corrected chi connectivity index (χ4v) is 3.11. The lowest BCUT2D eigenvalue weighted by Crippen LogP contribution is -2.54. The molecule has 6 nitrogen and oxygen atoms in total. The predicted molar refractivity (Wildman–Crippen MR) is 68.9 cm³/mol. The average Bonchev–Trinajstić information content (AvgIpc) is 3.21. The molecule has 0 aromatic carbocycles. The number of carbonyl (C=O) groups excluding carboxylic acids is 1. The second-order valence-corrected chi connectivity index (χ2v) is 6.00. The summed E-state index contributed by atoms with van der Waals surface area (Å²) < 4.78 is 79.0. The van der Waals surface area contributed by atoms with E-state index in [0.29, 0.717) is 19.0 Å². The summed E-state index contributed by atoms with van der Waals surface area (Å²) in [5, 5.41) is 12.4. The Morgan fingerprint density at radius 3 is 2.20 bits per heavy atom. The van der Waals surface area contributed by atoms with Crippen LogP contribution in [0.15, 0.2) is 6.20 Å². The van der Waals surface area contributed by atoms with E-state index in [-0.39, 0.29) is 9.58 Å². The van der Waals surface area contributed by atoms with Gasteiger partial charge in [-0.1, -0.05) is 0 Å². The van der Waals surface area contributed by atoms with E-state index in [1.807, 2.05) is 0 Å². The molecule has 1 aliphatic heterocycles. The van der Waals surface area contributed by atoms with Crippen LogP contribution in [0.25, 0.3) is 0 Å². The first-order valence-corrected chi connectivity index (χ1v) is 7.20. The first-order valence-electron chi connectivity index (χ1n) is 7.20. The summed E-state index contributed by atoms with van der Waals surface area (Å²) in [6.07, 6.45) is -9.74. The number of rotatable bonds is 2. The number of fused-ring (bicyclic) bond motifs is 1. The molecule has 0 spiro atoms. The van der Waals surface area contributed by atoms with E-state index in [9.17, 15) is 35.9 Å². The second-order valence-electron chi connectivity index (χ2n) is 6.00. The van der Waals surface area contributed by atoms with E-state index in [0.717, 1.165) is 0 Å². The van der Waals surface area contributed by atoms with E-state index >= 15 is 0 Å². The number of alkyl halides is 6. The minimum Gasteiger partial charge on any atom is -0.477 e. The highest BCUT2D eigenvalue weighted by atomic mass is 19.4. The van der Waals surface area contributed by atoms with Gasteiger partial charge in [0.1, 0.15) is 11.4 Å². The van der Waals surface area contributed by atoms with Crippen LogP contribution in [0.1, 0.15) is 35.7 Å². The largest absolute Gasteiger partial charge is 0.477 e. The normalized spacial score (nSPS) is 24.2. The van der Waals surface area contributed by atoms with E-state index < -0.39 is 60.0 Å². The van der Waals surface area contributed by atoms with Crippen LogP contribution >= 0.6 is 0 Å². The summed E-state index contributed by atoms with van der Waals surface area (Å²) in [6, 6.07) is -3.68. The Morgan fingerprint density at radius 2 is 1.76 bits per heavy atom. The third kappa shape index (κ3) is 2.93. The van der Waals surface area contributed by atoms with Gasteiger partial charge in [-0.2, -0.15) is 31.4 Å². The maximum atomic E-state index is 13.3. The Labute approximate surface area is 136 Å². The zero-order valence-corrected chi connectivity index (χ0v) is 12.3. The molecule has 1 saturated carbocycles. The molecule has 1 fully saturated rings. The number of aromatic nitrogens is 2. The molecule has 1 aromatic rings. The van der Waals surface area contributed by atoms with Crippen molar-refractivity contribution in [3.05, 3.63) is 11.8 Å². The molecule has 2 atom stereocenters. The zero-order chi connectivity index (χ0) is 18.7. The number of nitrogens with zero attached hydrogens (tertiary/aromatic N) is 3. The van der Waals surface area contributed by atoms with Crippen molar-refractivity contribution in [1.29, 1.82) is 0 Å². The number of amides is 1. The van der Waals surface area contributed by atoms with Gasteiger partial charge in [-0.3, -0.25) is 9.69 Å². The van der Waals surface area contributed by atoms with Gasteiger partial charge in [0.2, 0.25) is 0 Å². The lowest BCUT2D eigenvalue weighted by molar-refractivity contribution is -0.180. The third-order valence-corrected chi connectivity index (χ3v) is 4.32. The second kappa shape index (κ2) is 5.36. The Hall–Kier alpha value is -2.27.